The quantitative estimate of drug-likeness (QED) is 0.458. The fourth-order valence-corrected chi connectivity index (χ4v) is 2.92. The smallest absolute Gasteiger partial charge is 0.119 e. The van der Waals surface area contributed by atoms with Crippen LogP contribution in [0.3, 0.4) is 0 Å². The zero-order chi connectivity index (χ0) is 14.9. The molecule has 0 spiro atoms. The topological polar surface area (TPSA) is 9.23 Å². The monoisotopic (exact) mass is 346 g/mol. The lowest BCUT2D eigenvalue weighted by Crippen LogP contribution is -2.09. The first kappa shape index (κ1) is 16.1. The molecule has 0 radical (unpaired) electrons. The number of hydrogen-bond acceptors (Lipinski definition) is 1. The van der Waals surface area contributed by atoms with E-state index in [9.17, 15) is 0 Å². The number of para-hydroxylation sites is 1. The Morgan fingerprint density at radius 1 is 1.00 bits per heavy atom. The molecule has 2 rings (SSSR count). The van der Waals surface area contributed by atoms with E-state index in [1.54, 1.807) is 0 Å². The largest absolute Gasteiger partial charge is 0.494 e. The molecule has 0 aliphatic carbocycles. The van der Waals surface area contributed by atoms with E-state index in [0.717, 1.165) is 30.5 Å². The van der Waals surface area contributed by atoms with Crippen LogP contribution in [-0.2, 0) is 6.42 Å². The Kier molecular flexibility index (Phi) is 6.81. The van der Waals surface area contributed by atoms with Gasteiger partial charge < -0.3 is 4.74 Å². The molecule has 0 saturated carbocycles. The number of aryl methyl sites for hydroxylation is 1. The summed E-state index contributed by atoms with van der Waals surface area (Å²) in [7, 11) is 0. The maximum Gasteiger partial charge on any atom is 0.119 e. The number of hydrogen-bond donors (Lipinski definition) is 0. The van der Waals surface area contributed by atoms with Gasteiger partial charge in [-0.1, -0.05) is 64.0 Å². The van der Waals surface area contributed by atoms with Crippen molar-refractivity contribution in [1.29, 1.82) is 0 Å². The molecule has 0 aromatic heterocycles. The van der Waals surface area contributed by atoms with Crippen LogP contribution in [0.2, 0.25) is 0 Å². The van der Waals surface area contributed by atoms with Crippen LogP contribution in [0.1, 0.15) is 24.0 Å². The SMILES string of the molecule is Cc1ccc(CC(CBr)CCCOc2ccccc2)cc1. The third kappa shape index (κ3) is 5.92. The van der Waals surface area contributed by atoms with Crippen LogP contribution in [-0.4, -0.2) is 11.9 Å². The van der Waals surface area contributed by atoms with Crippen molar-refractivity contribution in [3.8, 4) is 5.75 Å². The van der Waals surface area contributed by atoms with E-state index in [1.165, 1.54) is 17.5 Å². The van der Waals surface area contributed by atoms with Crippen molar-refractivity contribution < 1.29 is 4.74 Å². The van der Waals surface area contributed by atoms with Crippen molar-refractivity contribution in [2.24, 2.45) is 5.92 Å². The number of halogens is 1. The van der Waals surface area contributed by atoms with Gasteiger partial charge in [0.25, 0.3) is 0 Å². The molecule has 0 heterocycles. The van der Waals surface area contributed by atoms with E-state index < -0.39 is 0 Å². The summed E-state index contributed by atoms with van der Waals surface area (Å²) in [5.74, 6) is 1.64. The van der Waals surface area contributed by atoms with Crippen LogP contribution in [0, 0.1) is 12.8 Å². The molecule has 112 valence electrons. The highest BCUT2D eigenvalue weighted by molar-refractivity contribution is 9.09. The van der Waals surface area contributed by atoms with Crippen molar-refractivity contribution in [3.05, 3.63) is 65.7 Å². The molecule has 1 atom stereocenters. The van der Waals surface area contributed by atoms with E-state index in [-0.39, 0.29) is 0 Å². The van der Waals surface area contributed by atoms with E-state index >= 15 is 0 Å². The van der Waals surface area contributed by atoms with Gasteiger partial charge in [-0.15, -0.1) is 0 Å². The van der Waals surface area contributed by atoms with Gasteiger partial charge in [0.2, 0.25) is 0 Å². The summed E-state index contributed by atoms with van der Waals surface area (Å²) < 4.78 is 5.75. The first-order valence-electron chi connectivity index (χ1n) is 7.57. The van der Waals surface area contributed by atoms with Crippen LogP contribution in [0.25, 0.3) is 0 Å². The highest BCUT2D eigenvalue weighted by atomic mass is 79.9. The lowest BCUT2D eigenvalue weighted by Gasteiger charge is -2.14. The number of rotatable bonds is 8. The second-order valence-electron chi connectivity index (χ2n) is 5.51. The molecule has 0 aliphatic heterocycles. The molecule has 0 fully saturated rings. The zero-order valence-corrected chi connectivity index (χ0v) is 14.2. The summed E-state index contributed by atoms with van der Waals surface area (Å²) in [6, 6.07) is 18.9. The molecule has 2 aromatic carbocycles. The van der Waals surface area contributed by atoms with Gasteiger partial charge in [0.1, 0.15) is 5.75 Å². The Labute approximate surface area is 136 Å². The van der Waals surface area contributed by atoms with Crippen molar-refractivity contribution in [2.45, 2.75) is 26.2 Å². The standard InChI is InChI=1S/C19H23BrO/c1-16-9-11-17(12-10-16)14-18(15-20)6-5-13-21-19-7-3-2-4-8-19/h2-4,7-12,18H,5-6,13-15H2,1H3. The Balaban J connectivity index is 1.71. The average molecular weight is 347 g/mol. The maximum atomic E-state index is 5.75. The molecule has 2 heteroatoms. The predicted molar refractivity (Wildman–Crippen MR) is 93.3 cm³/mol. The van der Waals surface area contributed by atoms with Gasteiger partial charge in [-0.25, -0.2) is 0 Å². The van der Waals surface area contributed by atoms with Crippen molar-refractivity contribution in [3.63, 3.8) is 0 Å². The fraction of sp³-hybridized carbons (Fsp3) is 0.368. The molecule has 1 unspecified atom stereocenters. The summed E-state index contributed by atoms with van der Waals surface area (Å²) in [6.45, 7) is 2.92. The van der Waals surface area contributed by atoms with E-state index in [1.807, 2.05) is 30.3 Å². The molecule has 1 nitrogen and oxygen atoms in total. The molecule has 0 bridgehead atoms. The summed E-state index contributed by atoms with van der Waals surface area (Å²) in [5.41, 5.74) is 2.75. The number of alkyl halides is 1. The third-order valence-corrected chi connectivity index (χ3v) is 4.55. The number of ether oxygens (including phenoxy) is 1. The van der Waals surface area contributed by atoms with Gasteiger partial charge in [0.15, 0.2) is 0 Å². The summed E-state index contributed by atoms with van der Waals surface area (Å²) >= 11 is 3.64. The van der Waals surface area contributed by atoms with Gasteiger partial charge in [-0.3, -0.25) is 0 Å². The van der Waals surface area contributed by atoms with E-state index in [4.69, 9.17) is 4.74 Å². The second kappa shape index (κ2) is 8.89. The molecule has 2 aromatic rings. The predicted octanol–water partition coefficient (Wildman–Crippen LogP) is 5.41. The Morgan fingerprint density at radius 3 is 2.38 bits per heavy atom. The van der Waals surface area contributed by atoms with Crippen molar-refractivity contribution in [1.82, 2.24) is 0 Å². The minimum atomic E-state index is 0.673. The van der Waals surface area contributed by atoms with Gasteiger partial charge in [0.05, 0.1) is 6.61 Å². The summed E-state index contributed by atoms with van der Waals surface area (Å²) in [4.78, 5) is 0. The Bertz CT molecular complexity index is 507. The van der Waals surface area contributed by atoms with Crippen LogP contribution >= 0.6 is 15.9 Å². The van der Waals surface area contributed by atoms with Crippen molar-refractivity contribution >= 4 is 15.9 Å². The average Bonchev–Trinajstić information content (AvgIpc) is 2.53. The van der Waals surface area contributed by atoms with Gasteiger partial charge in [-0.05, 0) is 49.8 Å². The minimum Gasteiger partial charge on any atom is -0.494 e. The zero-order valence-electron chi connectivity index (χ0n) is 12.6. The first-order valence-corrected chi connectivity index (χ1v) is 8.69. The minimum absolute atomic E-state index is 0.673. The molecule has 0 aliphatic rings. The van der Waals surface area contributed by atoms with Crippen LogP contribution in [0.4, 0.5) is 0 Å². The molecular weight excluding hydrogens is 324 g/mol. The highest BCUT2D eigenvalue weighted by Crippen LogP contribution is 2.18. The summed E-state index contributed by atoms with van der Waals surface area (Å²) in [5, 5.41) is 1.05. The summed E-state index contributed by atoms with van der Waals surface area (Å²) in [6.07, 6.45) is 3.42. The van der Waals surface area contributed by atoms with Crippen LogP contribution in [0.15, 0.2) is 54.6 Å². The fourth-order valence-electron chi connectivity index (χ4n) is 2.37. The third-order valence-electron chi connectivity index (χ3n) is 3.63. The van der Waals surface area contributed by atoms with Gasteiger partial charge in [-0.2, -0.15) is 0 Å². The number of benzene rings is 2. The Hall–Kier alpha value is -1.28. The van der Waals surface area contributed by atoms with Crippen LogP contribution in [0.5, 0.6) is 5.75 Å². The maximum absolute atomic E-state index is 5.75. The Morgan fingerprint density at radius 2 is 1.71 bits per heavy atom. The van der Waals surface area contributed by atoms with Crippen LogP contribution < -0.4 is 4.74 Å². The molecule has 0 amide bonds. The molecule has 21 heavy (non-hydrogen) atoms. The van der Waals surface area contributed by atoms with E-state index in [2.05, 4.69) is 47.1 Å². The second-order valence-corrected chi connectivity index (χ2v) is 6.16. The lowest BCUT2D eigenvalue weighted by atomic mass is 9.96. The van der Waals surface area contributed by atoms with E-state index in [0.29, 0.717) is 5.92 Å². The lowest BCUT2D eigenvalue weighted by molar-refractivity contribution is 0.295. The normalized spacial score (nSPS) is 12.1. The highest BCUT2D eigenvalue weighted by Gasteiger charge is 2.08. The van der Waals surface area contributed by atoms with Crippen molar-refractivity contribution in [2.75, 3.05) is 11.9 Å². The van der Waals surface area contributed by atoms with Gasteiger partial charge >= 0.3 is 0 Å². The molecular formula is C19H23BrO. The molecule has 0 saturated heterocycles. The molecule has 0 N–H and O–H groups in total. The van der Waals surface area contributed by atoms with Gasteiger partial charge in [0, 0.05) is 5.33 Å². The first-order chi connectivity index (χ1) is 10.3.